The van der Waals surface area contributed by atoms with Crippen molar-refractivity contribution >= 4 is 34.2 Å². The molecule has 0 unspecified atom stereocenters. The summed E-state index contributed by atoms with van der Waals surface area (Å²) < 4.78 is 0. The first-order valence-electron chi connectivity index (χ1n) is 12.1. The van der Waals surface area contributed by atoms with Crippen molar-refractivity contribution < 1.29 is 9.59 Å². The lowest BCUT2D eigenvalue weighted by Gasteiger charge is -2.20. The van der Waals surface area contributed by atoms with E-state index in [4.69, 9.17) is 5.26 Å². The normalized spacial score (nSPS) is 15.4. The van der Waals surface area contributed by atoms with Crippen molar-refractivity contribution in [3.05, 3.63) is 65.9 Å². The molecule has 1 atom stereocenters. The van der Waals surface area contributed by atoms with E-state index >= 15 is 0 Å². The minimum absolute atomic E-state index is 0.106. The van der Waals surface area contributed by atoms with E-state index in [9.17, 15) is 9.59 Å². The van der Waals surface area contributed by atoms with Crippen LogP contribution in [-0.2, 0) is 4.79 Å². The Balaban J connectivity index is 1.30. The number of likely N-dealkylation sites (tertiary alicyclic amines) is 1. The van der Waals surface area contributed by atoms with Gasteiger partial charge in [0.15, 0.2) is 0 Å². The van der Waals surface area contributed by atoms with Crippen molar-refractivity contribution in [3.8, 4) is 17.3 Å². The van der Waals surface area contributed by atoms with Crippen LogP contribution in [0.15, 0.2) is 49.1 Å². The predicted octanol–water partition coefficient (Wildman–Crippen LogP) is 3.88. The van der Waals surface area contributed by atoms with Crippen LogP contribution >= 0.6 is 0 Å². The van der Waals surface area contributed by atoms with Crippen LogP contribution in [0.5, 0.6) is 0 Å². The number of nitrogens with one attached hydrogen (secondary N) is 3. The van der Waals surface area contributed by atoms with Gasteiger partial charge >= 0.3 is 0 Å². The topological polar surface area (TPSA) is 140 Å². The summed E-state index contributed by atoms with van der Waals surface area (Å²) in [5, 5.41) is 15.6. The fourth-order valence-corrected chi connectivity index (χ4v) is 4.48. The van der Waals surface area contributed by atoms with E-state index in [-0.39, 0.29) is 11.8 Å². The van der Waals surface area contributed by atoms with Crippen LogP contribution in [0.25, 0.3) is 22.3 Å². The number of rotatable bonds is 6. The highest BCUT2D eigenvalue weighted by Gasteiger charge is 2.22. The minimum atomic E-state index is -0.343. The van der Waals surface area contributed by atoms with Crippen LogP contribution in [0, 0.1) is 18.3 Å². The van der Waals surface area contributed by atoms with Gasteiger partial charge in [0.1, 0.15) is 11.7 Å². The third-order valence-corrected chi connectivity index (χ3v) is 6.57. The van der Waals surface area contributed by atoms with Gasteiger partial charge in [0, 0.05) is 41.3 Å². The highest BCUT2D eigenvalue weighted by molar-refractivity contribution is 6.06. The van der Waals surface area contributed by atoms with Crippen molar-refractivity contribution in [2.75, 3.05) is 23.7 Å². The monoisotopic (exact) mass is 494 g/mol. The second-order valence-corrected chi connectivity index (χ2v) is 9.24. The van der Waals surface area contributed by atoms with Crippen molar-refractivity contribution in [1.29, 1.82) is 5.26 Å². The van der Waals surface area contributed by atoms with Crippen molar-refractivity contribution in [2.24, 2.45) is 0 Å². The summed E-state index contributed by atoms with van der Waals surface area (Å²) in [5.74, 6) is -0.449. The molecule has 10 nitrogen and oxygen atoms in total. The summed E-state index contributed by atoms with van der Waals surface area (Å²) in [6, 6.07) is 9.53. The van der Waals surface area contributed by atoms with Gasteiger partial charge in [-0.2, -0.15) is 5.26 Å². The number of nitriles is 1. The average Bonchev–Trinajstić information content (AvgIpc) is 3.51. The van der Waals surface area contributed by atoms with Crippen LogP contribution in [0.4, 0.5) is 11.4 Å². The van der Waals surface area contributed by atoms with E-state index in [0.29, 0.717) is 46.4 Å². The molecule has 2 amide bonds. The standard InChI is InChI=1S/C27H26N8O2/c1-16-4-3-5-35(16)15-25(36)32-22-9-23(17(2)30-14-22)34-27(37)21-7-19-8-24(33-26(19)31-13-21)20-6-18(10-28)11-29-12-20/h6-9,11-14,16H,3-5,15H2,1-2H3,(H,31,33)(H,32,36)(H,34,37)/t16-/m0/s1. The van der Waals surface area contributed by atoms with Gasteiger partial charge < -0.3 is 15.6 Å². The Morgan fingerprint density at radius 1 is 1.14 bits per heavy atom. The number of aromatic nitrogens is 4. The summed E-state index contributed by atoms with van der Waals surface area (Å²) in [6.45, 7) is 5.17. The van der Waals surface area contributed by atoms with E-state index in [0.717, 1.165) is 36.0 Å². The highest BCUT2D eigenvalue weighted by atomic mass is 16.2. The van der Waals surface area contributed by atoms with Gasteiger partial charge in [-0.1, -0.05) is 0 Å². The molecule has 0 aliphatic carbocycles. The van der Waals surface area contributed by atoms with Crippen molar-refractivity contribution in [2.45, 2.75) is 32.7 Å². The summed E-state index contributed by atoms with van der Waals surface area (Å²) >= 11 is 0. The molecule has 1 saturated heterocycles. The molecule has 4 aromatic heterocycles. The Bertz CT molecular complexity index is 1540. The van der Waals surface area contributed by atoms with Gasteiger partial charge in [-0.05, 0) is 57.5 Å². The Morgan fingerprint density at radius 2 is 2.00 bits per heavy atom. The van der Waals surface area contributed by atoms with E-state index < -0.39 is 0 Å². The van der Waals surface area contributed by atoms with Crippen molar-refractivity contribution in [1.82, 2.24) is 24.8 Å². The molecule has 186 valence electrons. The molecule has 1 fully saturated rings. The fourth-order valence-electron chi connectivity index (χ4n) is 4.48. The van der Waals surface area contributed by atoms with Gasteiger partial charge in [-0.15, -0.1) is 0 Å². The maximum absolute atomic E-state index is 13.0. The molecule has 37 heavy (non-hydrogen) atoms. The Kier molecular flexibility index (Phi) is 6.62. The molecular formula is C27H26N8O2. The number of fused-ring (bicyclic) bond motifs is 1. The van der Waals surface area contributed by atoms with Crippen LogP contribution < -0.4 is 10.6 Å². The number of anilines is 2. The molecule has 4 aromatic rings. The molecule has 1 aliphatic rings. The molecule has 5 heterocycles. The maximum atomic E-state index is 13.0. The molecular weight excluding hydrogens is 468 g/mol. The van der Waals surface area contributed by atoms with Gasteiger partial charge in [0.05, 0.1) is 40.9 Å². The summed E-state index contributed by atoms with van der Waals surface area (Å²) in [7, 11) is 0. The lowest BCUT2D eigenvalue weighted by molar-refractivity contribution is -0.117. The summed E-state index contributed by atoms with van der Waals surface area (Å²) in [6.07, 6.45) is 8.44. The SMILES string of the molecule is Cc1ncc(NC(=O)CN2CCC[C@@H]2C)cc1NC(=O)c1cnc2[nH]c(-c3cncc(C#N)c3)cc2c1. The summed E-state index contributed by atoms with van der Waals surface area (Å²) in [4.78, 5) is 43.7. The largest absolute Gasteiger partial charge is 0.339 e. The third kappa shape index (κ3) is 5.32. The Hall–Kier alpha value is -4.62. The lowest BCUT2D eigenvalue weighted by atomic mass is 10.1. The molecule has 5 rings (SSSR count). The molecule has 1 aliphatic heterocycles. The predicted molar refractivity (Wildman–Crippen MR) is 140 cm³/mol. The number of aromatic amines is 1. The highest BCUT2D eigenvalue weighted by Crippen LogP contribution is 2.25. The number of carbonyl (C=O) groups is 2. The maximum Gasteiger partial charge on any atom is 0.257 e. The molecule has 0 aromatic carbocycles. The van der Waals surface area contributed by atoms with Crippen LogP contribution in [0.3, 0.4) is 0 Å². The molecule has 0 spiro atoms. The van der Waals surface area contributed by atoms with Crippen molar-refractivity contribution in [3.63, 3.8) is 0 Å². The number of carbonyl (C=O) groups excluding carboxylic acids is 2. The van der Waals surface area contributed by atoms with Crippen LogP contribution in [0.1, 0.15) is 41.4 Å². The molecule has 0 radical (unpaired) electrons. The first-order chi connectivity index (χ1) is 17.9. The number of H-pyrrole nitrogens is 1. The number of pyridine rings is 3. The second kappa shape index (κ2) is 10.2. The zero-order valence-corrected chi connectivity index (χ0v) is 20.6. The lowest BCUT2D eigenvalue weighted by Crippen LogP contribution is -2.35. The smallest absolute Gasteiger partial charge is 0.257 e. The Labute approximate surface area is 213 Å². The van der Waals surface area contributed by atoms with E-state index in [1.807, 2.05) is 6.07 Å². The fraction of sp³-hybridized carbons (Fsp3) is 0.259. The Morgan fingerprint density at radius 3 is 2.78 bits per heavy atom. The number of hydrogen-bond donors (Lipinski definition) is 3. The van der Waals surface area contributed by atoms with Gasteiger partial charge in [0.25, 0.3) is 5.91 Å². The molecule has 10 heteroatoms. The number of hydrogen-bond acceptors (Lipinski definition) is 7. The molecule has 3 N–H and O–H groups in total. The zero-order chi connectivity index (χ0) is 25.9. The minimum Gasteiger partial charge on any atom is -0.339 e. The molecule has 0 saturated carbocycles. The quantitative estimate of drug-likeness (QED) is 0.370. The first-order valence-corrected chi connectivity index (χ1v) is 12.1. The van der Waals surface area contributed by atoms with E-state index in [2.05, 4.69) is 48.5 Å². The summed E-state index contributed by atoms with van der Waals surface area (Å²) in [5.41, 5.74) is 4.60. The third-order valence-electron chi connectivity index (χ3n) is 6.57. The van der Waals surface area contributed by atoms with E-state index in [1.165, 1.54) is 12.4 Å². The number of amides is 2. The average molecular weight is 495 g/mol. The van der Waals surface area contributed by atoms with E-state index in [1.54, 1.807) is 37.5 Å². The number of nitrogens with zero attached hydrogens (tertiary/aromatic N) is 5. The first kappa shape index (κ1) is 24.1. The number of aryl methyl sites for hydroxylation is 1. The van der Waals surface area contributed by atoms with Gasteiger partial charge in [0.2, 0.25) is 5.91 Å². The van der Waals surface area contributed by atoms with Gasteiger partial charge in [-0.25, -0.2) is 4.98 Å². The van der Waals surface area contributed by atoms with Gasteiger partial charge in [-0.3, -0.25) is 24.5 Å². The van der Waals surface area contributed by atoms with Crippen LogP contribution in [0.2, 0.25) is 0 Å². The zero-order valence-electron chi connectivity index (χ0n) is 20.6. The molecule has 0 bridgehead atoms. The second-order valence-electron chi connectivity index (χ2n) is 9.24. The van der Waals surface area contributed by atoms with Crippen LogP contribution in [-0.4, -0.2) is 55.8 Å².